The molecular weight excluding hydrogens is 494 g/mol. The van der Waals surface area contributed by atoms with Gasteiger partial charge in [0.2, 0.25) is 0 Å². The Hall–Kier alpha value is -0.270. The quantitative estimate of drug-likeness (QED) is 0.0576. The maximum absolute atomic E-state index is 2.57. The number of hydrogen-bond donors (Lipinski definition) is 0. The first kappa shape index (κ1) is 40.9. The molecule has 0 saturated carbocycles. The van der Waals surface area contributed by atoms with Crippen LogP contribution in [0.5, 0.6) is 0 Å². The predicted molar refractivity (Wildman–Crippen MR) is 184 cm³/mol. The van der Waals surface area contributed by atoms with Crippen molar-refractivity contribution in [3.05, 3.63) is 24.3 Å². The van der Waals surface area contributed by atoms with E-state index in [1.807, 2.05) is 0 Å². The number of nitrogens with zero attached hydrogens (tertiary/aromatic N) is 1. The lowest BCUT2D eigenvalue weighted by Gasteiger charge is -2.16. The van der Waals surface area contributed by atoms with Crippen molar-refractivity contribution < 1.29 is 0 Å². The van der Waals surface area contributed by atoms with Gasteiger partial charge in [0.1, 0.15) is 0 Å². The van der Waals surface area contributed by atoms with Crippen molar-refractivity contribution in [2.24, 2.45) is 0 Å². The third kappa shape index (κ3) is 37.7. The molecule has 0 atom stereocenters. The highest BCUT2D eigenvalue weighted by Crippen LogP contribution is 2.12. The zero-order valence-corrected chi connectivity index (χ0v) is 28.2. The summed E-state index contributed by atoms with van der Waals surface area (Å²) in [5, 5.41) is 0. The molecule has 1 nitrogen and oxygen atoms in total. The molecule has 0 rings (SSSR count). The number of rotatable bonds is 32. The number of unbranched alkanes of at least 4 members (excludes halogenated alkanes) is 24. The van der Waals surface area contributed by atoms with E-state index in [1.54, 1.807) is 0 Å². The first-order chi connectivity index (χ1) is 18.8. The molecule has 2 heteroatoms. The van der Waals surface area contributed by atoms with E-state index in [0.717, 1.165) is 0 Å². The van der Waals surface area contributed by atoms with E-state index in [9.17, 15) is 0 Å². The molecule has 0 saturated heterocycles. The molecule has 234 valence electrons. The second kappa shape index (κ2) is 37.7. The van der Waals surface area contributed by atoms with E-state index in [4.69, 9.17) is 0 Å². The van der Waals surface area contributed by atoms with Crippen molar-refractivity contribution in [3.63, 3.8) is 0 Å². The van der Waals surface area contributed by atoms with Gasteiger partial charge in [-0.3, -0.25) is 0 Å². The van der Waals surface area contributed by atoms with Gasteiger partial charge >= 0.3 is 0 Å². The number of hydrogen-bond acceptors (Lipinski definition) is 1. The Kier molecular flexibility index (Phi) is 39.5. The van der Waals surface area contributed by atoms with Gasteiger partial charge in [0, 0.05) is 0 Å². The van der Waals surface area contributed by atoms with Gasteiger partial charge in [-0.25, -0.2) is 0 Å². The third-order valence-corrected chi connectivity index (χ3v) is 8.10. The highest BCUT2D eigenvalue weighted by atomic mass is 35.5. The Morgan fingerprint density at radius 1 is 0.333 bits per heavy atom. The summed E-state index contributed by atoms with van der Waals surface area (Å²) in [4.78, 5) is 2.57. The van der Waals surface area contributed by atoms with Crippen LogP contribution in [0.4, 0.5) is 0 Å². The van der Waals surface area contributed by atoms with Gasteiger partial charge in [-0.2, -0.15) is 0 Å². The van der Waals surface area contributed by atoms with Crippen LogP contribution in [0.1, 0.15) is 194 Å². The maximum atomic E-state index is 2.57. The molecule has 0 spiro atoms. The summed E-state index contributed by atoms with van der Waals surface area (Å²) < 4.78 is 0. The van der Waals surface area contributed by atoms with Crippen molar-refractivity contribution in [1.82, 2.24) is 4.90 Å². The molecule has 0 amide bonds. The summed E-state index contributed by atoms with van der Waals surface area (Å²) in [7, 11) is 2.33. The lowest BCUT2D eigenvalue weighted by molar-refractivity contribution is 0.314. The average molecular weight is 568 g/mol. The summed E-state index contributed by atoms with van der Waals surface area (Å²) in [6, 6.07) is 0. The first-order valence-electron chi connectivity index (χ1n) is 17.8. The van der Waals surface area contributed by atoms with E-state index in [1.165, 1.54) is 193 Å². The second-order valence-electron chi connectivity index (χ2n) is 12.2. The average Bonchev–Trinajstić information content (AvgIpc) is 2.92. The molecule has 0 bridgehead atoms. The fourth-order valence-corrected chi connectivity index (χ4v) is 5.37. The molecule has 0 aliphatic carbocycles. The van der Waals surface area contributed by atoms with Gasteiger partial charge in [0.15, 0.2) is 0 Å². The molecule has 0 fully saturated rings. The van der Waals surface area contributed by atoms with Crippen LogP contribution < -0.4 is 0 Å². The Labute approximate surface area is 254 Å². The Morgan fingerprint density at radius 3 is 0.846 bits per heavy atom. The first-order valence-corrected chi connectivity index (χ1v) is 17.8. The zero-order chi connectivity index (χ0) is 27.6. The van der Waals surface area contributed by atoms with Crippen molar-refractivity contribution in [3.8, 4) is 0 Å². The molecule has 0 aliphatic rings. The number of allylic oxidation sites excluding steroid dienone is 4. The highest BCUT2D eigenvalue weighted by molar-refractivity contribution is 5.85. The lowest BCUT2D eigenvalue weighted by atomic mass is 10.1. The summed E-state index contributed by atoms with van der Waals surface area (Å²) >= 11 is 0. The Bertz CT molecular complexity index is 430. The van der Waals surface area contributed by atoms with Crippen LogP contribution in [0.2, 0.25) is 0 Å². The van der Waals surface area contributed by atoms with Crippen LogP contribution in [0.25, 0.3) is 0 Å². The molecule has 0 aliphatic heterocycles. The summed E-state index contributed by atoms with van der Waals surface area (Å²) in [6.45, 7) is 7.19. The van der Waals surface area contributed by atoms with Crippen LogP contribution >= 0.6 is 12.4 Å². The van der Waals surface area contributed by atoms with E-state index in [2.05, 4.69) is 50.1 Å². The minimum atomic E-state index is 0. The topological polar surface area (TPSA) is 3.24 Å². The molecule has 0 aromatic heterocycles. The largest absolute Gasteiger partial charge is 0.306 e. The monoisotopic (exact) mass is 568 g/mol. The smallest absolute Gasteiger partial charge is 0.00218 e. The fourth-order valence-electron chi connectivity index (χ4n) is 5.37. The number of halogens is 1. The molecular formula is C37H74ClN. The molecule has 39 heavy (non-hydrogen) atoms. The summed E-state index contributed by atoms with van der Waals surface area (Å²) in [5.74, 6) is 0. The van der Waals surface area contributed by atoms with Crippen molar-refractivity contribution in [2.75, 3.05) is 20.1 Å². The van der Waals surface area contributed by atoms with Crippen LogP contribution in [-0.4, -0.2) is 25.0 Å². The predicted octanol–water partition coefficient (Wildman–Crippen LogP) is 13.4. The Morgan fingerprint density at radius 2 is 0.564 bits per heavy atom. The zero-order valence-electron chi connectivity index (χ0n) is 27.4. The van der Waals surface area contributed by atoms with Crippen LogP contribution in [-0.2, 0) is 0 Å². The maximum Gasteiger partial charge on any atom is -0.00218 e. The van der Waals surface area contributed by atoms with Gasteiger partial charge < -0.3 is 4.90 Å². The second-order valence-corrected chi connectivity index (χ2v) is 12.2. The SMILES string of the molecule is CCCCCCCC/C=C\CCCCCCCCN(C)CCCCCCCC/C=C\CCCCCCCC.Cl. The van der Waals surface area contributed by atoms with E-state index in [-0.39, 0.29) is 12.4 Å². The van der Waals surface area contributed by atoms with Crippen molar-refractivity contribution in [1.29, 1.82) is 0 Å². The molecule has 0 aromatic carbocycles. The molecule has 0 heterocycles. The lowest BCUT2D eigenvalue weighted by Crippen LogP contribution is -2.20. The van der Waals surface area contributed by atoms with Gasteiger partial charge in [0.25, 0.3) is 0 Å². The van der Waals surface area contributed by atoms with Gasteiger partial charge in [-0.05, 0) is 84.3 Å². The third-order valence-electron chi connectivity index (χ3n) is 8.10. The normalized spacial score (nSPS) is 11.8. The van der Waals surface area contributed by atoms with Crippen molar-refractivity contribution in [2.45, 2.75) is 194 Å². The standard InChI is InChI=1S/C37H73N.ClH/c1-4-6-8-10-12-14-16-18-20-22-24-26-28-30-32-34-36-38(3)37-35-33-31-29-27-25-23-21-19-17-15-13-11-9-7-5-2;/h18-21H,4-17,22-37H2,1-3H3;1H/b20-18-,21-19-;. The van der Waals surface area contributed by atoms with E-state index < -0.39 is 0 Å². The summed E-state index contributed by atoms with van der Waals surface area (Å²) in [6.07, 6.45) is 48.9. The van der Waals surface area contributed by atoms with Crippen LogP contribution in [0, 0.1) is 0 Å². The van der Waals surface area contributed by atoms with Gasteiger partial charge in [-0.1, -0.05) is 154 Å². The Balaban J connectivity index is 0. The van der Waals surface area contributed by atoms with Crippen LogP contribution in [0.15, 0.2) is 24.3 Å². The molecule has 0 aromatic rings. The van der Waals surface area contributed by atoms with Gasteiger partial charge in [0.05, 0.1) is 0 Å². The molecule has 0 radical (unpaired) electrons. The molecule has 0 N–H and O–H groups in total. The highest BCUT2D eigenvalue weighted by Gasteiger charge is 1.99. The van der Waals surface area contributed by atoms with Crippen LogP contribution in [0.3, 0.4) is 0 Å². The van der Waals surface area contributed by atoms with E-state index in [0.29, 0.717) is 0 Å². The minimum absolute atomic E-state index is 0. The molecule has 0 unspecified atom stereocenters. The van der Waals surface area contributed by atoms with E-state index >= 15 is 0 Å². The minimum Gasteiger partial charge on any atom is -0.306 e. The fraction of sp³-hybridized carbons (Fsp3) is 0.892. The van der Waals surface area contributed by atoms with Crippen molar-refractivity contribution >= 4 is 12.4 Å². The van der Waals surface area contributed by atoms with Gasteiger partial charge in [-0.15, -0.1) is 12.4 Å². The summed E-state index contributed by atoms with van der Waals surface area (Å²) in [5.41, 5.74) is 0.